The van der Waals surface area contributed by atoms with Crippen LogP contribution in [-0.4, -0.2) is 85.8 Å². The third-order valence-corrected chi connectivity index (χ3v) is 8.39. The van der Waals surface area contributed by atoms with Gasteiger partial charge in [-0.3, -0.25) is 0 Å². The summed E-state index contributed by atoms with van der Waals surface area (Å²) in [5, 5.41) is 62.2. The van der Waals surface area contributed by atoms with Crippen LogP contribution in [-0.2, 0) is 9.47 Å². The van der Waals surface area contributed by atoms with E-state index in [0.717, 1.165) is 19.3 Å². The summed E-state index contributed by atoms with van der Waals surface area (Å²) in [4.78, 5) is 0. The molecule has 2 bridgehead atoms. The van der Waals surface area contributed by atoms with Crippen LogP contribution in [0.4, 0.5) is 0 Å². The van der Waals surface area contributed by atoms with E-state index in [9.17, 15) is 30.6 Å². The minimum Gasteiger partial charge on any atom is -0.394 e. The first-order valence-corrected chi connectivity index (χ1v) is 10.8. The van der Waals surface area contributed by atoms with Gasteiger partial charge < -0.3 is 40.1 Å². The fourth-order valence-electron chi connectivity index (χ4n) is 6.78. The molecule has 1 heterocycles. The molecule has 4 fully saturated rings. The monoisotopic (exact) mass is 416 g/mol. The Hall–Kier alpha value is -0.320. The van der Waals surface area contributed by atoms with Crippen molar-refractivity contribution in [3.8, 4) is 0 Å². The normalized spacial score (nSPS) is 56.8. The van der Waals surface area contributed by atoms with Gasteiger partial charge in [-0.25, -0.2) is 0 Å². The Bertz CT molecular complexity index is 626. The van der Waals surface area contributed by atoms with Crippen LogP contribution in [0, 0.1) is 22.7 Å². The molecular weight excluding hydrogens is 380 g/mol. The number of hydrogen-bond acceptors (Lipinski definition) is 8. The smallest absolute Gasteiger partial charge is 0.187 e. The number of hydrogen-bond donors (Lipinski definition) is 6. The van der Waals surface area contributed by atoms with Gasteiger partial charge in [0, 0.05) is 6.42 Å². The van der Waals surface area contributed by atoms with Crippen LogP contribution in [0.2, 0.25) is 0 Å². The predicted molar refractivity (Wildman–Crippen MR) is 102 cm³/mol. The maximum Gasteiger partial charge on any atom is 0.187 e. The first kappa shape index (κ1) is 21.9. The van der Waals surface area contributed by atoms with E-state index in [1.54, 1.807) is 0 Å². The van der Waals surface area contributed by atoms with E-state index in [-0.39, 0.29) is 17.8 Å². The molecule has 6 N–H and O–H groups in total. The summed E-state index contributed by atoms with van der Waals surface area (Å²) in [5.74, 6) is 0.565. The highest BCUT2D eigenvalue weighted by Crippen LogP contribution is 2.65. The lowest BCUT2D eigenvalue weighted by molar-refractivity contribution is -0.335. The first-order valence-electron chi connectivity index (χ1n) is 10.8. The van der Waals surface area contributed by atoms with Crippen molar-refractivity contribution in [1.29, 1.82) is 0 Å². The van der Waals surface area contributed by atoms with E-state index >= 15 is 0 Å². The summed E-state index contributed by atoms with van der Waals surface area (Å²) < 4.78 is 11.5. The van der Waals surface area contributed by atoms with Crippen LogP contribution in [0.1, 0.15) is 52.9 Å². The second-order valence-electron chi connectivity index (χ2n) is 10.9. The summed E-state index contributed by atoms with van der Waals surface area (Å²) in [6.45, 7) is 5.92. The van der Waals surface area contributed by atoms with Crippen molar-refractivity contribution in [2.75, 3.05) is 6.61 Å². The van der Waals surface area contributed by atoms with E-state index < -0.39 is 60.5 Å². The summed E-state index contributed by atoms with van der Waals surface area (Å²) in [5.41, 5.74) is -1.30. The zero-order chi connectivity index (χ0) is 21.4. The lowest BCUT2D eigenvalue weighted by Gasteiger charge is -2.59. The molecule has 0 aromatic carbocycles. The van der Waals surface area contributed by atoms with E-state index in [1.807, 2.05) is 6.92 Å². The van der Waals surface area contributed by atoms with E-state index in [4.69, 9.17) is 9.47 Å². The molecule has 0 aromatic heterocycles. The van der Waals surface area contributed by atoms with Gasteiger partial charge in [0.25, 0.3) is 0 Å². The van der Waals surface area contributed by atoms with Gasteiger partial charge in [-0.2, -0.15) is 0 Å². The first-order chi connectivity index (χ1) is 13.4. The SMILES string of the molecule is CC1(C)CC2C1CCC1(C)CC2(O)CC(O)C1OC1OC(CO)C(O)C(O)C1O. The van der Waals surface area contributed by atoms with Crippen LogP contribution in [0.15, 0.2) is 0 Å². The van der Waals surface area contributed by atoms with Gasteiger partial charge >= 0.3 is 0 Å². The van der Waals surface area contributed by atoms with Crippen molar-refractivity contribution in [2.45, 2.75) is 101 Å². The molecule has 3 aliphatic carbocycles. The Morgan fingerprint density at radius 1 is 0.966 bits per heavy atom. The van der Waals surface area contributed by atoms with Crippen molar-refractivity contribution in [2.24, 2.45) is 22.7 Å². The minimum absolute atomic E-state index is 0.169. The van der Waals surface area contributed by atoms with Crippen LogP contribution in [0.25, 0.3) is 0 Å². The standard InChI is InChI=1S/C21H36O8/c1-19(2)6-11-10(19)4-5-20(3)9-21(11,27)7-12(23)17(20)29-18-16(26)15(25)14(24)13(8-22)28-18/h10-18,22-27H,4-9H2,1-3H3. The maximum atomic E-state index is 11.5. The molecule has 8 heteroatoms. The molecular formula is C21H36O8. The quantitative estimate of drug-likeness (QED) is 0.363. The van der Waals surface area contributed by atoms with E-state index in [2.05, 4.69) is 13.8 Å². The fourth-order valence-corrected chi connectivity index (χ4v) is 6.78. The largest absolute Gasteiger partial charge is 0.394 e. The van der Waals surface area contributed by atoms with E-state index in [1.165, 1.54) is 0 Å². The number of fused-ring (bicyclic) bond motifs is 4. The van der Waals surface area contributed by atoms with Gasteiger partial charge in [-0.15, -0.1) is 0 Å². The molecule has 11 unspecified atom stereocenters. The fraction of sp³-hybridized carbons (Fsp3) is 1.00. The van der Waals surface area contributed by atoms with Crippen LogP contribution < -0.4 is 0 Å². The number of aliphatic hydroxyl groups excluding tert-OH is 5. The molecule has 1 saturated heterocycles. The van der Waals surface area contributed by atoms with E-state index in [0.29, 0.717) is 12.3 Å². The Kier molecular flexibility index (Phi) is 5.36. The lowest BCUT2D eigenvalue weighted by Crippen LogP contribution is -2.64. The molecule has 0 aromatic rings. The Morgan fingerprint density at radius 3 is 2.28 bits per heavy atom. The number of rotatable bonds is 3. The molecule has 11 atom stereocenters. The topological polar surface area (TPSA) is 140 Å². The van der Waals surface area contributed by atoms with Gasteiger partial charge in [-0.05, 0) is 48.3 Å². The van der Waals surface area contributed by atoms with Crippen molar-refractivity contribution >= 4 is 0 Å². The van der Waals surface area contributed by atoms with Crippen molar-refractivity contribution in [3.05, 3.63) is 0 Å². The Labute approximate surface area is 171 Å². The molecule has 168 valence electrons. The molecule has 8 nitrogen and oxygen atoms in total. The highest BCUT2D eigenvalue weighted by molar-refractivity contribution is 5.14. The Balaban J connectivity index is 1.56. The predicted octanol–water partition coefficient (Wildman–Crippen LogP) is -0.480. The summed E-state index contributed by atoms with van der Waals surface area (Å²) >= 11 is 0. The van der Waals surface area contributed by atoms with Crippen LogP contribution >= 0.6 is 0 Å². The molecule has 29 heavy (non-hydrogen) atoms. The van der Waals surface area contributed by atoms with Gasteiger partial charge in [0.1, 0.15) is 24.4 Å². The van der Waals surface area contributed by atoms with Crippen molar-refractivity contribution in [1.82, 2.24) is 0 Å². The summed E-state index contributed by atoms with van der Waals surface area (Å²) in [7, 11) is 0. The maximum absolute atomic E-state index is 11.5. The summed E-state index contributed by atoms with van der Waals surface area (Å²) in [6.07, 6.45) is -5.17. The molecule has 0 spiro atoms. The average molecular weight is 417 g/mol. The number of ether oxygens (including phenoxy) is 2. The third-order valence-electron chi connectivity index (χ3n) is 8.39. The number of aliphatic hydroxyl groups is 6. The highest BCUT2D eigenvalue weighted by atomic mass is 16.7. The molecule has 4 aliphatic rings. The minimum atomic E-state index is -1.53. The molecule has 4 rings (SSSR count). The van der Waals surface area contributed by atoms with Crippen molar-refractivity contribution < 1.29 is 40.1 Å². The van der Waals surface area contributed by atoms with Crippen molar-refractivity contribution in [3.63, 3.8) is 0 Å². The third kappa shape index (κ3) is 3.36. The zero-order valence-electron chi connectivity index (χ0n) is 17.4. The van der Waals surface area contributed by atoms with Crippen LogP contribution in [0.3, 0.4) is 0 Å². The molecule has 0 amide bonds. The van der Waals surface area contributed by atoms with Crippen LogP contribution in [0.5, 0.6) is 0 Å². The second kappa shape index (κ2) is 7.10. The van der Waals surface area contributed by atoms with Gasteiger partial charge in [-0.1, -0.05) is 20.8 Å². The van der Waals surface area contributed by atoms with Gasteiger partial charge in [0.15, 0.2) is 6.29 Å². The average Bonchev–Trinajstić information content (AvgIpc) is 2.70. The highest BCUT2D eigenvalue weighted by Gasteiger charge is 2.64. The Morgan fingerprint density at radius 2 is 1.66 bits per heavy atom. The van der Waals surface area contributed by atoms with Gasteiger partial charge in [0.05, 0.1) is 24.4 Å². The van der Waals surface area contributed by atoms with Gasteiger partial charge in [0.2, 0.25) is 0 Å². The molecule has 3 saturated carbocycles. The molecule has 1 aliphatic heterocycles. The lowest BCUT2D eigenvalue weighted by atomic mass is 9.49. The second-order valence-corrected chi connectivity index (χ2v) is 10.9. The zero-order valence-corrected chi connectivity index (χ0v) is 17.4. The molecule has 0 radical (unpaired) electrons. The summed E-state index contributed by atoms with van der Waals surface area (Å²) in [6, 6.07) is 0.